The molecule has 0 aliphatic carbocycles. The van der Waals surface area contributed by atoms with Crippen molar-refractivity contribution in [1.29, 1.82) is 0 Å². The molecule has 1 aliphatic rings. The van der Waals surface area contributed by atoms with Crippen molar-refractivity contribution < 1.29 is 9.18 Å². The van der Waals surface area contributed by atoms with E-state index in [2.05, 4.69) is 35.0 Å². The summed E-state index contributed by atoms with van der Waals surface area (Å²) in [7, 11) is 0. The van der Waals surface area contributed by atoms with Crippen LogP contribution < -0.4 is 10.2 Å². The van der Waals surface area contributed by atoms with Gasteiger partial charge in [-0.25, -0.2) is 4.39 Å². The minimum absolute atomic E-state index is 0.0262. The highest BCUT2D eigenvalue weighted by atomic mass is 19.1. The largest absolute Gasteiger partial charge is 0.369 e. The molecule has 0 spiro atoms. The van der Waals surface area contributed by atoms with E-state index in [1.165, 1.54) is 12.1 Å². The van der Waals surface area contributed by atoms with Crippen LogP contribution in [0.5, 0.6) is 0 Å². The fraction of sp³-hybridized carbons (Fsp3) is 0.409. The summed E-state index contributed by atoms with van der Waals surface area (Å²) in [4.78, 5) is 17.2. The van der Waals surface area contributed by atoms with Crippen LogP contribution in [0.25, 0.3) is 0 Å². The maximum atomic E-state index is 13.1. The zero-order valence-corrected chi connectivity index (χ0v) is 16.3. The molecule has 2 aromatic carbocycles. The number of rotatable bonds is 5. The number of hydrogen-bond donors (Lipinski definition) is 1. The van der Waals surface area contributed by atoms with Crippen LogP contribution in [-0.4, -0.2) is 43.0 Å². The molecule has 27 heavy (non-hydrogen) atoms. The molecule has 1 N–H and O–H groups in total. The molecule has 0 aromatic heterocycles. The average Bonchev–Trinajstić information content (AvgIpc) is 2.68. The third-order valence-corrected chi connectivity index (χ3v) is 5.27. The molecule has 1 aliphatic heterocycles. The van der Waals surface area contributed by atoms with Gasteiger partial charge in [0, 0.05) is 37.6 Å². The van der Waals surface area contributed by atoms with E-state index in [1.807, 2.05) is 37.3 Å². The lowest BCUT2D eigenvalue weighted by atomic mass is 10.0. The molecule has 0 saturated carbocycles. The van der Waals surface area contributed by atoms with Gasteiger partial charge in [-0.05, 0) is 48.7 Å². The van der Waals surface area contributed by atoms with Crippen LogP contribution in [0.2, 0.25) is 0 Å². The summed E-state index contributed by atoms with van der Waals surface area (Å²) < 4.78 is 13.1. The Balaban J connectivity index is 1.58. The van der Waals surface area contributed by atoms with Gasteiger partial charge in [-0.1, -0.05) is 32.0 Å². The van der Waals surface area contributed by atoms with Crippen molar-refractivity contribution in [2.75, 3.05) is 36.4 Å². The first kappa shape index (κ1) is 19.4. The van der Waals surface area contributed by atoms with Gasteiger partial charge in [-0.15, -0.1) is 0 Å². The first-order chi connectivity index (χ1) is 13.0. The number of halogens is 1. The number of carbonyl (C=O) groups excluding carboxylic acids is 1. The smallest absolute Gasteiger partial charge is 0.241 e. The molecule has 1 fully saturated rings. The molecule has 0 bridgehead atoms. The fourth-order valence-electron chi connectivity index (χ4n) is 3.54. The van der Waals surface area contributed by atoms with Crippen LogP contribution in [-0.2, 0) is 4.79 Å². The number of nitrogens with zero attached hydrogens (tertiary/aromatic N) is 2. The van der Waals surface area contributed by atoms with E-state index in [1.54, 1.807) is 0 Å². The van der Waals surface area contributed by atoms with Crippen molar-refractivity contribution in [1.82, 2.24) is 4.90 Å². The molecular weight excluding hydrogens is 341 g/mol. The van der Waals surface area contributed by atoms with Gasteiger partial charge in [0.2, 0.25) is 5.91 Å². The summed E-state index contributed by atoms with van der Waals surface area (Å²) in [6.07, 6.45) is 0. The lowest BCUT2D eigenvalue weighted by Gasteiger charge is -2.38. The molecule has 1 atom stereocenters. The van der Waals surface area contributed by atoms with Crippen LogP contribution in [0.15, 0.2) is 48.5 Å². The molecule has 2 aromatic rings. The highest BCUT2D eigenvalue weighted by Crippen LogP contribution is 2.24. The average molecular weight is 369 g/mol. The minimum atomic E-state index is -0.218. The second-order valence-corrected chi connectivity index (χ2v) is 7.41. The standard InChI is InChI=1S/C22H28FN3O/c1-16(2)20-6-4-5-7-21(20)24-22(27)17(3)25-12-14-26(15-13-25)19-10-8-18(23)9-11-19/h4-11,16-17H,12-15H2,1-3H3,(H,24,27)/t17-/m1/s1. The number of benzene rings is 2. The third-order valence-electron chi connectivity index (χ3n) is 5.27. The molecule has 144 valence electrons. The van der Waals surface area contributed by atoms with Gasteiger partial charge in [0.05, 0.1) is 6.04 Å². The van der Waals surface area contributed by atoms with Gasteiger partial charge in [-0.3, -0.25) is 9.69 Å². The van der Waals surface area contributed by atoms with Crippen molar-refractivity contribution in [3.63, 3.8) is 0 Å². The van der Waals surface area contributed by atoms with Crippen molar-refractivity contribution >= 4 is 17.3 Å². The number of nitrogens with one attached hydrogen (secondary N) is 1. The number of para-hydroxylation sites is 1. The van der Waals surface area contributed by atoms with E-state index in [9.17, 15) is 9.18 Å². The van der Waals surface area contributed by atoms with E-state index in [4.69, 9.17) is 0 Å². The summed E-state index contributed by atoms with van der Waals surface area (Å²) in [6.45, 7) is 9.47. The molecule has 4 nitrogen and oxygen atoms in total. The number of amides is 1. The summed E-state index contributed by atoms with van der Waals surface area (Å²) >= 11 is 0. The minimum Gasteiger partial charge on any atom is -0.369 e. The molecule has 1 heterocycles. The Hall–Kier alpha value is -2.40. The van der Waals surface area contributed by atoms with Crippen LogP contribution in [0, 0.1) is 5.82 Å². The third kappa shape index (κ3) is 4.66. The van der Waals surface area contributed by atoms with Crippen LogP contribution >= 0.6 is 0 Å². The molecule has 1 amide bonds. The lowest BCUT2D eigenvalue weighted by molar-refractivity contribution is -0.120. The Labute approximate surface area is 161 Å². The van der Waals surface area contributed by atoms with Crippen LogP contribution in [0.3, 0.4) is 0 Å². The molecule has 5 heteroatoms. The summed E-state index contributed by atoms with van der Waals surface area (Å²) in [5, 5.41) is 3.10. The van der Waals surface area contributed by atoms with E-state index in [0.29, 0.717) is 5.92 Å². The van der Waals surface area contributed by atoms with Crippen molar-refractivity contribution in [2.24, 2.45) is 0 Å². The Morgan fingerprint density at radius 3 is 2.22 bits per heavy atom. The van der Waals surface area contributed by atoms with E-state index >= 15 is 0 Å². The monoisotopic (exact) mass is 369 g/mol. The Morgan fingerprint density at radius 2 is 1.59 bits per heavy atom. The normalized spacial score (nSPS) is 16.4. The Bertz CT molecular complexity index is 767. The highest BCUT2D eigenvalue weighted by molar-refractivity contribution is 5.95. The number of carbonyl (C=O) groups is 1. The summed E-state index contributed by atoms with van der Waals surface area (Å²) in [6, 6.07) is 14.4. The lowest BCUT2D eigenvalue weighted by Crippen LogP contribution is -2.52. The fourth-order valence-corrected chi connectivity index (χ4v) is 3.54. The zero-order valence-electron chi connectivity index (χ0n) is 16.3. The molecular formula is C22H28FN3O. The van der Waals surface area contributed by atoms with Crippen molar-refractivity contribution in [3.05, 3.63) is 59.9 Å². The zero-order chi connectivity index (χ0) is 19.4. The second-order valence-electron chi connectivity index (χ2n) is 7.41. The summed E-state index contributed by atoms with van der Waals surface area (Å²) in [5.74, 6) is 0.166. The number of anilines is 2. The first-order valence-electron chi connectivity index (χ1n) is 9.60. The number of hydrogen-bond acceptors (Lipinski definition) is 3. The Kier molecular flexibility index (Phi) is 6.11. The maximum Gasteiger partial charge on any atom is 0.241 e. The van der Waals surface area contributed by atoms with Gasteiger partial charge < -0.3 is 10.2 Å². The van der Waals surface area contributed by atoms with Crippen molar-refractivity contribution in [2.45, 2.75) is 32.7 Å². The highest BCUT2D eigenvalue weighted by Gasteiger charge is 2.26. The van der Waals surface area contributed by atoms with Gasteiger partial charge in [0.25, 0.3) is 0 Å². The summed E-state index contributed by atoms with van der Waals surface area (Å²) in [5.41, 5.74) is 3.08. The first-order valence-corrected chi connectivity index (χ1v) is 9.60. The van der Waals surface area contributed by atoms with E-state index in [0.717, 1.165) is 43.1 Å². The van der Waals surface area contributed by atoms with Gasteiger partial charge in [0.1, 0.15) is 5.82 Å². The predicted octanol–water partition coefficient (Wildman–Crippen LogP) is 4.10. The molecule has 0 radical (unpaired) electrons. The van der Waals surface area contributed by atoms with E-state index < -0.39 is 0 Å². The van der Waals surface area contributed by atoms with Crippen LogP contribution in [0.4, 0.5) is 15.8 Å². The maximum absolute atomic E-state index is 13.1. The van der Waals surface area contributed by atoms with Crippen molar-refractivity contribution in [3.8, 4) is 0 Å². The topological polar surface area (TPSA) is 35.6 Å². The van der Waals surface area contributed by atoms with Gasteiger partial charge >= 0.3 is 0 Å². The molecule has 1 saturated heterocycles. The SMILES string of the molecule is CC(C)c1ccccc1NC(=O)[C@@H](C)N1CCN(c2ccc(F)cc2)CC1. The second kappa shape index (κ2) is 8.53. The van der Waals surface area contributed by atoms with Crippen LogP contribution in [0.1, 0.15) is 32.3 Å². The predicted molar refractivity (Wildman–Crippen MR) is 109 cm³/mol. The quantitative estimate of drug-likeness (QED) is 0.862. The molecule has 3 rings (SSSR count). The number of piperazine rings is 1. The van der Waals surface area contributed by atoms with Gasteiger partial charge in [0.15, 0.2) is 0 Å². The van der Waals surface area contributed by atoms with E-state index in [-0.39, 0.29) is 17.8 Å². The molecule has 0 unspecified atom stereocenters. The van der Waals surface area contributed by atoms with Gasteiger partial charge in [-0.2, -0.15) is 0 Å². The Morgan fingerprint density at radius 1 is 0.963 bits per heavy atom.